The van der Waals surface area contributed by atoms with E-state index in [0.29, 0.717) is 18.4 Å². The van der Waals surface area contributed by atoms with Gasteiger partial charge in [-0.1, -0.05) is 95.1 Å². The zero-order chi connectivity index (χ0) is 35.3. The predicted octanol–water partition coefficient (Wildman–Crippen LogP) is 12.0. The van der Waals surface area contributed by atoms with Gasteiger partial charge in [0, 0.05) is 0 Å². The SMILES string of the molecule is C=C(C)CC(COOC(=O)C(=C)CO)CC1CCC(c2ccc3c(c2)CCC(CCC2CCC(C4CCC(CCCCC)CC4)CC2)C3)CC1. The van der Waals surface area contributed by atoms with E-state index in [-0.39, 0.29) is 11.5 Å². The smallest absolute Gasteiger partial charge is 0.370 e. The number of fused-ring (bicyclic) bond motifs is 1. The molecule has 5 rings (SSSR count). The van der Waals surface area contributed by atoms with Crippen LogP contribution < -0.4 is 0 Å². The van der Waals surface area contributed by atoms with E-state index in [2.05, 4.69) is 38.3 Å². The lowest BCUT2D eigenvalue weighted by Gasteiger charge is -2.38. The number of aliphatic hydroxyl groups excluding tert-OH is 1. The number of aliphatic hydroxyl groups is 1. The average Bonchev–Trinajstić information content (AvgIpc) is 3.14. The summed E-state index contributed by atoms with van der Waals surface area (Å²) < 4.78 is 0. The molecule has 1 aromatic carbocycles. The van der Waals surface area contributed by atoms with Crippen LogP contribution in [0, 0.1) is 41.4 Å². The first-order valence-electron chi connectivity index (χ1n) is 21.2. The second-order valence-electron chi connectivity index (χ2n) is 17.7. The van der Waals surface area contributed by atoms with Crippen LogP contribution in [0.25, 0.3) is 0 Å². The minimum Gasteiger partial charge on any atom is -0.391 e. The number of hydrogen-bond donors (Lipinski definition) is 1. The molecule has 4 aliphatic rings. The molecule has 0 amide bonds. The van der Waals surface area contributed by atoms with Gasteiger partial charge in [-0.3, -0.25) is 4.89 Å². The highest BCUT2D eigenvalue weighted by Crippen LogP contribution is 2.44. The number of carbonyl (C=O) groups is 1. The van der Waals surface area contributed by atoms with Crippen molar-refractivity contribution < 1.29 is 19.7 Å². The topological polar surface area (TPSA) is 55.8 Å². The highest BCUT2D eigenvalue weighted by atomic mass is 17.2. The Kier molecular flexibility index (Phi) is 16.0. The fourth-order valence-electron chi connectivity index (χ4n) is 10.6. The van der Waals surface area contributed by atoms with Gasteiger partial charge in [0.15, 0.2) is 0 Å². The summed E-state index contributed by atoms with van der Waals surface area (Å²) in [5.41, 5.74) is 5.97. The number of carbonyl (C=O) groups excluding carboxylic acids is 1. The Morgan fingerprint density at radius 1 is 0.800 bits per heavy atom. The molecule has 0 radical (unpaired) electrons. The van der Waals surface area contributed by atoms with Crippen molar-refractivity contribution in [1.29, 1.82) is 0 Å². The highest BCUT2D eigenvalue weighted by molar-refractivity contribution is 5.87. The maximum Gasteiger partial charge on any atom is 0.370 e. The fraction of sp³-hybridized carbons (Fsp3) is 0.761. The predicted molar refractivity (Wildman–Crippen MR) is 207 cm³/mol. The zero-order valence-electron chi connectivity index (χ0n) is 32.1. The lowest BCUT2D eigenvalue weighted by atomic mass is 9.68. The van der Waals surface area contributed by atoms with Gasteiger partial charge in [0.25, 0.3) is 0 Å². The van der Waals surface area contributed by atoms with Crippen LogP contribution in [0.5, 0.6) is 0 Å². The molecule has 0 spiro atoms. The van der Waals surface area contributed by atoms with Crippen molar-refractivity contribution in [2.45, 2.75) is 167 Å². The van der Waals surface area contributed by atoms with Gasteiger partial charge >= 0.3 is 5.97 Å². The molecule has 0 saturated heterocycles. The van der Waals surface area contributed by atoms with E-state index in [0.717, 1.165) is 48.0 Å². The summed E-state index contributed by atoms with van der Waals surface area (Å²) in [6.45, 7) is 11.9. The molecule has 4 nitrogen and oxygen atoms in total. The first-order valence-corrected chi connectivity index (χ1v) is 21.2. The molecule has 280 valence electrons. The summed E-state index contributed by atoms with van der Waals surface area (Å²) in [6.07, 6.45) is 31.8. The van der Waals surface area contributed by atoms with Gasteiger partial charge in [0.2, 0.25) is 0 Å². The molecule has 2 unspecified atom stereocenters. The van der Waals surface area contributed by atoms with Crippen LogP contribution >= 0.6 is 0 Å². The summed E-state index contributed by atoms with van der Waals surface area (Å²) in [6, 6.07) is 7.56. The van der Waals surface area contributed by atoms with Crippen LogP contribution in [-0.4, -0.2) is 24.3 Å². The first kappa shape index (κ1) is 39.3. The van der Waals surface area contributed by atoms with Gasteiger partial charge in [-0.15, -0.1) is 6.58 Å². The molecular weight excluding hydrogens is 617 g/mol. The van der Waals surface area contributed by atoms with E-state index in [1.807, 2.05) is 6.92 Å². The highest BCUT2D eigenvalue weighted by Gasteiger charge is 2.32. The van der Waals surface area contributed by atoms with Crippen LogP contribution in [0.1, 0.15) is 171 Å². The molecule has 3 fully saturated rings. The molecule has 1 N–H and O–H groups in total. The summed E-state index contributed by atoms with van der Waals surface area (Å²) in [7, 11) is 0. The van der Waals surface area contributed by atoms with Crippen LogP contribution in [0.15, 0.2) is 42.5 Å². The Labute approximate surface area is 306 Å². The molecule has 0 aromatic heterocycles. The minimum atomic E-state index is -0.699. The number of rotatable bonds is 18. The molecular formula is C46H72O4. The van der Waals surface area contributed by atoms with Crippen molar-refractivity contribution in [2.75, 3.05) is 13.2 Å². The summed E-state index contributed by atoms with van der Waals surface area (Å²) in [5, 5.41) is 9.07. The van der Waals surface area contributed by atoms with Gasteiger partial charge in [-0.25, -0.2) is 4.79 Å². The maximum atomic E-state index is 11.8. The van der Waals surface area contributed by atoms with E-state index >= 15 is 0 Å². The van der Waals surface area contributed by atoms with Crippen molar-refractivity contribution in [3.05, 3.63) is 59.2 Å². The Morgan fingerprint density at radius 3 is 2.08 bits per heavy atom. The number of hydrogen-bond acceptors (Lipinski definition) is 4. The van der Waals surface area contributed by atoms with Crippen molar-refractivity contribution in [1.82, 2.24) is 0 Å². The van der Waals surface area contributed by atoms with Crippen LogP contribution in [0.3, 0.4) is 0 Å². The number of allylic oxidation sites excluding steroid dienone is 1. The monoisotopic (exact) mass is 689 g/mol. The lowest BCUT2D eigenvalue weighted by Crippen LogP contribution is -2.26. The first-order chi connectivity index (χ1) is 24.3. The third kappa shape index (κ3) is 12.1. The van der Waals surface area contributed by atoms with Crippen molar-refractivity contribution in [3.63, 3.8) is 0 Å². The molecule has 4 heteroatoms. The van der Waals surface area contributed by atoms with Gasteiger partial charge in [-0.05, 0) is 161 Å². The van der Waals surface area contributed by atoms with E-state index < -0.39 is 12.6 Å². The quantitative estimate of drug-likeness (QED) is 0.0548. The summed E-state index contributed by atoms with van der Waals surface area (Å²) in [4.78, 5) is 22.0. The van der Waals surface area contributed by atoms with Gasteiger partial charge in [0.1, 0.15) is 0 Å². The third-order valence-corrected chi connectivity index (χ3v) is 13.7. The van der Waals surface area contributed by atoms with Crippen molar-refractivity contribution in [3.8, 4) is 0 Å². The zero-order valence-corrected chi connectivity index (χ0v) is 32.1. The lowest BCUT2D eigenvalue weighted by molar-refractivity contribution is -0.275. The number of aryl methyl sites for hydroxylation is 1. The van der Waals surface area contributed by atoms with Gasteiger partial charge in [0.05, 0.1) is 18.8 Å². The molecule has 0 aliphatic heterocycles. The minimum absolute atomic E-state index is 0.00414. The maximum absolute atomic E-state index is 11.8. The van der Waals surface area contributed by atoms with Crippen LogP contribution in [0.2, 0.25) is 0 Å². The molecule has 3 saturated carbocycles. The van der Waals surface area contributed by atoms with Gasteiger partial charge in [-0.2, -0.15) is 4.89 Å². The third-order valence-electron chi connectivity index (χ3n) is 13.7. The van der Waals surface area contributed by atoms with E-state index in [4.69, 9.17) is 14.9 Å². The number of unbranched alkanes of at least 4 members (excludes halogenated alkanes) is 2. The summed E-state index contributed by atoms with van der Waals surface area (Å²) >= 11 is 0. The Bertz CT molecular complexity index is 1190. The average molecular weight is 689 g/mol. The molecule has 1 aromatic rings. The normalized spacial score (nSPS) is 29.1. The fourth-order valence-corrected chi connectivity index (χ4v) is 10.6. The van der Waals surface area contributed by atoms with Crippen molar-refractivity contribution in [2.24, 2.45) is 41.4 Å². The van der Waals surface area contributed by atoms with Gasteiger partial charge < -0.3 is 5.11 Å². The van der Waals surface area contributed by atoms with E-state index in [1.54, 1.807) is 16.7 Å². The van der Waals surface area contributed by atoms with Crippen molar-refractivity contribution >= 4 is 5.97 Å². The molecule has 0 bridgehead atoms. The molecule has 0 heterocycles. The standard InChI is InChI=1S/C46H72O4/c1-5-6-7-8-35-11-18-40(19-12-35)41-20-13-36(14-21-41)9-10-38-17-24-45-30-44(26-25-43(45)29-38)42-22-15-37(16-23-42)28-39(27-33(2)3)32-49-50-46(48)34(4)31-47/h25-26,30,35-42,47H,2,4-24,27-29,31-32H2,1,3H3. The summed E-state index contributed by atoms with van der Waals surface area (Å²) in [5.74, 6) is 5.93. The van der Waals surface area contributed by atoms with E-state index in [1.165, 1.54) is 135 Å². The largest absolute Gasteiger partial charge is 0.391 e. The second-order valence-corrected chi connectivity index (χ2v) is 17.7. The Hall–Kier alpha value is -1.91. The van der Waals surface area contributed by atoms with Crippen LogP contribution in [-0.2, 0) is 27.4 Å². The van der Waals surface area contributed by atoms with E-state index in [9.17, 15) is 4.79 Å². The Morgan fingerprint density at radius 2 is 1.44 bits per heavy atom. The Balaban J connectivity index is 0.986. The second kappa shape index (κ2) is 20.4. The molecule has 4 aliphatic carbocycles. The number of benzene rings is 1. The molecule has 50 heavy (non-hydrogen) atoms. The van der Waals surface area contributed by atoms with Crippen LogP contribution in [0.4, 0.5) is 0 Å². The molecule has 2 atom stereocenters.